The maximum Gasteiger partial charge on any atom is 0.497 e. The normalized spacial score (nSPS) is 17.8. The smallest absolute Gasteiger partial charge is 0.479 e. The van der Waals surface area contributed by atoms with E-state index in [1.165, 1.54) is 13.3 Å². The number of aldehydes is 1. The number of ether oxygens (including phenoxy) is 1. The van der Waals surface area contributed by atoms with Crippen molar-refractivity contribution in [2.45, 2.75) is 38.9 Å². The van der Waals surface area contributed by atoms with Gasteiger partial charge in [-0.3, -0.25) is 4.79 Å². The molecule has 0 bridgehead atoms. The van der Waals surface area contributed by atoms with Crippen molar-refractivity contribution in [1.82, 2.24) is 9.97 Å². The average molecular weight is 409 g/mol. The molecule has 1 saturated heterocycles. The van der Waals surface area contributed by atoms with Gasteiger partial charge in [0.25, 0.3) is 0 Å². The number of halogens is 2. The Morgan fingerprint density at radius 1 is 1.15 bits per heavy atom. The largest absolute Gasteiger partial charge is 0.497 e. The highest BCUT2D eigenvalue weighted by atomic mass is 35.5. The molecular formula is C18H19BCl2N2O4. The predicted molar refractivity (Wildman–Crippen MR) is 105 cm³/mol. The van der Waals surface area contributed by atoms with Gasteiger partial charge in [-0.15, -0.1) is 0 Å². The van der Waals surface area contributed by atoms with E-state index in [2.05, 4.69) is 9.97 Å². The minimum Gasteiger partial charge on any atom is -0.479 e. The van der Waals surface area contributed by atoms with Gasteiger partial charge in [0.15, 0.2) is 12.0 Å². The molecule has 142 valence electrons. The third kappa shape index (κ3) is 3.45. The van der Waals surface area contributed by atoms with E-state index in [4.69, 9.17) is 37.2 Å². The number of nitrogens with zero attached hydrogens (tertiary/aromatic N) is 2. The van der Waals surface area contributed by atoms with E-state index in [1.54, 1.807) is 12.1 Å². The minimum atomic E-state index is -0.723. The molecule has 0 N–H and O–H groups in total. The second-order valence-electron chi connectivity index (χ2n) is 7.18. The van der Waals surface area contributed by atoms with E-state index in [-0.39, 0.29) is 11.6 Å². The van der Waals surface area contributed by atoms with E-state index in [1.807, 2.05) is 27.7 Å². The molecule has 1 fully saturated rings. The molecule has 0 unspecified atom stereocenters. The van der Waals surface area contributed by atoms with Crippen molar-refractivity contribution in [2.75, 3.05) is 7.11 Å². The highest BCUT2D eigenvalue weighted by Gasteiger charge is 2.53. The van der Waals surface area contributed by atoms with E-state index < -0.39 is 18.3 Å². The first-order valence-electron chi connectivity index (χ1n) is 8.31. The number of hydrogen-bond acceptors (Lipinski definition) is 6. The fraction of sp³-hybridized carbons (Fsp3) is 0.389. The van der Waals surface area contributed by atoms with Crippen molar-refractivity contribution in [3.63, 3.8) is 0 Å². The molecule has 0 radical (unpaired) electrons. The molecule has 9 heteroatoms. The van der Waals surface area contributed by atoms with E-state index in [0.717, 1.165) is 0 Å². The summed E-state index contributed by atoms with van der Waals surface area (Å²) in [6.07, 6.45) is 2.03. The SMILES string of the molecule is COc1nc(-c2ccc(Cl)c(B3OC(C)(C)C(C)(C)O3)c2Cl)cnc1C=O. The molecule has 2 heterocycles. The maximum absolute atomic E-state index is 11.0. The van der Waals surface area contributed by atoms with Crippen LogP contribution in [0.5, 0.6) is 5.88 Å². The molecule has 0 atom stereocenters. The van der Waals surface area contributed by atoms with E-state index in [9.17, 15) is 4.79 Å². The van der Waals surface area contributed by atoms with Crippen molar-refractivity contribution >= 4 is 42.1 Å². The third-order valence-electron chi connectivity index (χ3n) is 4.96. The number of benzene rings is 1. The van der Waals surface area contributed by atoms with Gasteiger partial charge in [0.05, 0.1) is 35.2 Å². The van der Waals surface area contributed by atoms with Gasteiger partial charge in [0, 0.05) is 16.0 Å². The molecule has 0 spiro atoms. The van der Waals surface area contributed by atoms with Gasteiger partial charge in [0.1, 0.15) is 0 Å². The number of carbonyl (C=O) groups is 1. The van der Waals surface area contributed by atoms with Crippen LogP contribution in [-0.2, 0) is 9.31 Å². The highest BCUT2D eigenvalue weighted by Crippen LogP contribution is 2.39. The first-order valence-corrected chi connectivity index (χ1v) is 9.07. The van der Waals surface area contributed by atoms with Gasteiger partial charge in [-0.2, -0.15) is 0 Å². The van der Waals surface area contributed by atoms with Crippen molar-refractivity contribution < 1.29 is 18.8 Å². The number of aromatic nitrogens is 2. The average Bonchev–Trinajstić information content (AvgIpc) is 2.81. The summed E-state index contributed by atoms with van der Waals surface area (Å²) in [6.45, 7) is 7.81. The van der Waals surface area contributed by atoms with Crippen LogP contribution in [0.25, 0.3) is 11.3 Å². The van der Waals surface area contributed by atoms with Crippen molar-refractivity contribution in [1.29, 1.82) is 0 Å². The van der Waals surface area contributed by atoms with Gasteiger partial charge >= 0.3 is 7.12 Å². The zero-order chi connectivity index (χ0) is 20.0. The zero-order valence-corrected chi connectivity index (χ0v) is 17.2. The quantitative estimate of drug-likeness (QED) is 0.568. The van der Waals surface area contributed by atoms with Gasteiger partial charge in [-0.25, -0.2) is 9.97 Å². The lowest BCUT2D eigenvalue weighted by Gasteiger charge is -2.32. The van der Waals surface area contributed by atoms with E-state index >= 15 is 0 Å². The second kappa shape index (κ2) is 7.06. The number of methoxy groups -OCH3 is 1. The summed E-state index contributed by atoms with van der Waals surface area (Å²) in [5.74, 6) is 0.116. The molecular weight excluding hydrogens is 390 g/mol. The zero-order valence-electron chi connectivity index (χ0n) is 15.7. The van der Waals surface area contributed by atoms with Gasteiger partial charge < -0.3 is 14.0 Å². The first kappa shape index (κ1) is 20.1. The molecule has 0 saturated carbocycles. The summed E-state index contributed by atoms with van der Waals surface area (Å²) in [6, 6.07) is 3.42. The van der Waals surface area contributed by atoms with Gasteiger partial charge in [-0.1, -0.05) is 23.2 Å². The fourth-order valence-electron chi connectivity index (χ4n) is 2.69. The Labute approximate surface area is 168 Å². The molecule has 1 aliphatic rings. The summed E-state index contributed by atoms with van der Waals surface area (Å²) in [7, 11) is 0.694. The number of rotatable bonds is 4. The standard InChI is InChI=1S/C18H19BCl2N2O4/c1-17(2)18(3,4)27-19(26-17)14-11(20)7-6-10(15(14)21)12-8-22-13(9-24)16(23-12)25-5/h6-9H,1-5H3. The Morgan fingerprint density at radius 2 is 1.78 bits per heavy atom. The summed E-state index contributed by atoms with van der Waals surface area (Å²) >= 11 is 13.1. The summed E-state index contributed by atoms with van der Waals surface area (Å²) in [5.41, 5.74) is 0.586. The highest BCUT2D eigenvalue weighted by molar-refractivity contribution is 6.69. The maximum atomic E-state index is 11.0. The predicted octanol–water partition coefficient (Wildman–Crippen LogP) is 3.57. The summed E-state index contributed by atoms with van der Waals surface area (Å²) < 4.78 is 17.3. The molecule has 1 aromatic carbocycles. The lowest BCUT2D eigenvalue weighted by atomic mass is 9.78. The van der Waals surface area contributed by atoms with Crippen molar-refractivity contribution in [3.05, 3.63) is 34.1 Å². The molecule has 1 aliphatic heterocycles. The van der Waals surface area contributed by atoms with Crippen LogP contribution in [0, 0.1) is 0 Å². The molecule has 1 aromatic heterocycles. The lowest BCUT2D eigenvalue weighted by Crippen LogP contribution is -2.41. The Bertz CT molecular complexity index is 889. The topological polar surface area (TPSA) is 70.5 Å². The Morgan fingerprint density at radius 3 is 2.33 bits per heavy atom. The second-order valence-corrected chi connectivity index (χ2v) is 7.96. The third-order valence-corrected chi connectivity index (χ3v) is 5.70. The van der Waals surface area contributed by atoms with Crippen LogP contribution >= 0.6 is 23.2 Å². The van der Waals surface area contributed by atoms with Gasteiger partial charge in [-0.05, 0) is 39.8 Å². The molecule has 0 aliphatic carbocycles. The van der Waals surface area contributed by atoms with Crippen LogP contribution in [0.2, 0.25) is 10.0 Å². The monoisotopic (exact) mass is 408 g/mol. The Balaban J connectivity index is 2.09. The Hall–Kier alpha value is -1.67. The Kier molecular flexibility index (Phi) is 5.25. The number of hydrogen-bond donors (Lipinski definition) is 0. The number of carbonyl (C=O) groups excluding carboxylic acids is 1. The fourth-order valence-corrected chi connectivity index (χ4v) is 3.33. The van der Waals surface area contributed by atoms with Crippen molar-refractivity contribution in [2.24, 2.45) is 0 Å². The molecule has 2 aromatic rings. The molecule has 6 nitrogen and oxygen atoms in total. The molecule has 3 rings (SSSR count). The summed E-state index contributed by atoms with van der Waals surface area (Å²) in [5, 5.41) is 0.767. The minimum absolute atomic E-state index is 0.109. The van der Waals surface area contributed by atoms with E-state index in [0.29, 0.717) is 33.1 Å². The lowest BCUT2D eigenvalue weighted by molar-refractivity contribution is 0.00578. The summed E-state index contributed by atoms with van der Waals surface area (Å²) in [4.78, 5) is 19.4. The van der Waals surface area contributed by atoms with Crippen LogP contribution in [0.3, 0.4) is 0 Å². The molecule has 0 amide bonds. The van der Waals surface area contributed by atoms with Crippen LogP contribution in [0.1, 0.15) is 38.2 Å². The van der Waals surface area contributed by atoms with Crippen molar-refractivity contribution in [3.8, 4) is 17.1 Å². The first-order chi connectivity index (χ1) is 12.6. The molecule has 27 heavy (non-hydrogen) atoms. The van der Waals surface area contributed by atoms with Crippen LogP contribution in [0.15, 0.2) is 18.3 Å². The van der Waals surface area contributed by atoms with Gasteiger partial charge in [0.2, 0.25) is 5.88 Å². The van der Waals surface area contributed by atoms with Crippen LogP contribution in [0.4, 0.5) is 0 Å². The van der Waals surface area contributed by atoms with Crippen LogP contribution < -0.4 is 10.2 Å². The van der Waals surface area contributed by atoms with Crippen LogP contribution in [-0.4, -0.2) is 41.7 Å².